The molecule has 0 heterocycles. The molecule has 1 atom stereocenters. The lowest BCUT2D eigenvalue weighted by molar-refractivity contribution is -0.137. The van der Waals surface area contributed by atoms with Gasteiger partial charge < -0.3 is 20.1 Å². The lowest BCUT2D eigenvalue weighted by Crippen LogP contribution is -2.46. The fourth-order valence-corrected chi connectivity index (χ4v) is 3.36. The minimum Gasteiger partial charge on any atom is -0.445 e. The molecule has 3 aromatic rings. The van der Waals surface area contributed by atoms with Gasteiger partial charge in [0.1, 0.15) is 18.4 Å². The Morgan fingerprint density at radius 3 is 2.20 bits per heavy atom. The SMILES string of the molecule is CC(C)[C@@H](NC(=O)OCc1ccccc1)C(=O)Oc1ccc(Cl)cc1C(=O)Nc1ccc(Cl)cc1. The molecule has 0 radical (unpaired) electrons. The first-order valence-corrected chi connectivity index (χ1v) is 11.5. The number of amides is 2. The highest BCUT2D eigenvalue weighted by Crippen LogP contribution is 2.25. The van der Waals surface area contributed by atoms with E-state index in [1.165, 1.54) is 18.2 Å². The highest BCUT2D eigenvalue weighted by Gasteiger charge is 2.28. The van der Waals surface area contributed by atoms with Crippen molar-refractivity contribution in [2.45, 2.75) is 26.5 Å². The summed E-state index contributed by atoms with van der Waals surface area (Å²) in [5.74, 6) is -1.60. The average Bonchev–Trinajstić information content (AvgIpc) is 2.84. The van der Waals surface area contributed by atoms with Crippen molar-refractivity contribution in [1.82, 2.24) is 5.32 Å². The Kier molecular flexibility index (Phi) is 9.11. The number of carbonyl (C=O) groups excluding carboxylic acids is 3. The van der Waals surface area contributed by atoms with Gasteiger partial charge >= 0.3 is 12.1 Å². The highest BCUT2D eigenvalue weighted by atomic mass is 35.5. The van der Waals surface area contributed by atoms with Crippen molar-refractivity contribution in [3.8, 4) is 5.75 Å². The van der Waals surface area contributed by atoms with Gasteiger partial charge in [0.2, 0.25) is 0 Å². The summed E-state index contributed by atoms with van der Waals surface area (Å²) in [6.07, 6.45) is -0.763. The molecule has 0 aliphatic carbocycles. The molecular formula is C26H24Cl2N2O5. The maximum absolute atomic E-state index is 12.9. The number of halogens is 2. The van der Waals surface area contributed by atoms with E-state index < -0.39 is 24.0 Å². The summed E-state index contributed by atoms with van der Waals surface area (Å²) < 4.78 is 10.7. The number of nitrogens with one attached hydrogen (secondary N) is 2. The van der Waals surface area contributed by atoms with Crippen LogP contribution < -0.4 is 15.4 Å². The summed E-state index contributed by atoms with van der Waals surface area (Å²) in [7, 11) is 0. The second kappa shape index (κ2) is 12.2. The summed E-state index contributed by atoms with van der Waals surface area (Å²) in [5, 5.41) is 6.05. The van der Waals surface area contributed by atoms with E-state index >= 15 is 0 Å². The van der Waals surface area contributed by atoms with Crippen LogP contribution in [0.25, 0.3) is 0 Å². The van der Waals surface area contributed by atoms with Crippen LogP contribution in [0.3, 0.4) is 0 Å². The van der Waals surface area contributed by atoms with Gasteiger partial charge in [-0.25, -0.2) is 9.59 Å². The molecule has 0 saturated carbocycles. The van der Waals surface area contributed by atoms with Crippen LogP contribution >= 0.6 is 23.2 Å². The first-order chi connectivity index (χ1) is 16.7. The van der Waals surface area contributed by atoms with E-state index in [2.05, 4.69) is 10.6 Å². The Morgan fingerprint density at radius 1 is 0.886 bits per heavy atom. The van der Waals surface area contributed by atoms with Crippen molar-refractivity contribution < 1.29 is 23.9 Å². The Hall–Kier alpha value is -3.55. The zero-order chi connectivity index (χ0) is 25.4. The number of hydrogen-bond donors (Lipinski definition) is 2. The van der Waals surface area contributed by atoms with Crippen molar-refractivity contribution in [1.29, 1.82) is 0 Å². The van der Waals surface area contributed by atoms with Crippen molar-refractivity contribution in [3.05, 3.63) is 94.0 Å². The monoisotopic (exact) mass is 514 g/mol. The number of ether oxygens (including phenoxy) is 2. The molecule has 0 aliphatic rings. The van der Waals surface area contributed by atoms with Gasteiger partial charge in [-0.3, -0.25) is 4.79 Å². The van der Waals surface area contributed by atoms with Gasteiger partial charge in [0.25, 0.3) is 5.91 Å². The Labute approximate surface area is 213 Å². The van der Waals surface area contributed by atoms with Crippen molar-refractivity contribution in [3.63, 3.8) is 0 Å². The second-order valence-electron chi connectivity index (χ2n) is 7.95. The number of esters is 1. The minimum absolute atomic E-state index is 0.00373. The molecule has 9 heteroatoms. The van der Waals surface area contributed by atoms with Gasteiger partial charge in [0.15, 0.2) is 0 Å². The van der Waals surface area contributed by atoms with Crippen LogP contribution in [0.1, 0.15) is 29.8 Å². The Bertz CT molecular complexity index is 1180. The molecule has 2 amide bonds. The average molecular weight is 515 g/mol. The van der Waals surface area contributed by atoms with Gasteiger partial charge in [-0.2, -0.15) is 0 Å². The molecule has 0 saturated heterocycles. The molecule has 182 valence electrons. The quantitative estimate of drug-likeness (QED) is 0.279. The van der Waals surface area contributed by atoms with E-state index in [-0.39, 0.29) is 28.9 Å². The number of alkyl carbamates (subject to hydrolysis) is 1. The predicted octanol–water partition coefficient (Wildman–Crippen LogP) is 6.10. The second-order valence-corrected chi connectivity index (χ2v) is 8.82. The maximum Gasteiger partial charge on any atom is 0.408 e. The first kappa shape index (κ1) is 26.1. The van der Waals surface area contributed by atoms with Crippen LogP contribution in [0.2, 0.25) is 10.0 Å². The summed E-state index contributed by atoms with van der Waals surface area (Å²) in [5.41, 5.74) is 1.36. The molecule has 0 aliphatic heterocycles. The maximum atomic E-state index is 12.9. The van der Waals surface area contributed by atoms with Crippen LogP contribution in [-0.4, -0.2) is 24.0 Å². The van der Waals surface area contributed by atoms with Crippen LogP contribution in [0.4, 0.5) is 10.5 Å². The largest absolute Gasteiger partial charge is 0.445 e. The highest BCUT2D eigenvalue weighted by molar-refractivity contribution is 6.31. The summed E-state index contributed by atoms with van der Waals surface area (Å²) in [6.45, 7) is 3.55. The predicted molar refractivity (Wildman–Crippen MR) is 135 cm³/mol. The van der Waals surface area contributed by atoms with E-state index in [0.717, 1.165) is 5.56 Å². The van der Waals surface area contributed by atoms with Crippen LogP contribution in [0, 0.1) is 5.92 Å². The third-order valence-electron chi connectivity index (χ3n) is 4.91. The number of carbonyl (C=O) groups is 3. The molecule has 3 rings (SSSR count). The summed E-state index contributed by atoms with van der Waals surface area (Å²) >= 11 is 12.0. The topological polar surface area (TPSA) is 93.7 Å². The summed E-state index contributed by atoms with van der Waals surface area (Å²) in [6, 6.07) is 19.0. The molecule has 0 bridgehead atoms. The molecule has 35 heavy (non-hydrogen) atoms. The molecule has 0 unspecified atom stereocenters. The lowest BCUT2D eigenvalue weighted by atomic mass is 10.0. The normalized spacial score (nSPS) is 11.5. The fraction of sp³-hybridized carbons (Fsp3) is 0.192. The third-order valence-corrected chi connectivity index (χ3v) is 5.39. The Morgan fingerprint density at radius 2 is 1.54 bits per heavy atom. The molecule has 2 N–H and O–H groups in total. The van der Waals surface area contributed by atoms with Gasteiger partial charge in [0, 0.05) is 15.7 Å². The van der Waals surface area contributed by atoms with Gasteiger partial charge in [-0.05, 0) is 53.9 Å². The van der Waals surface area contributed by atoms with Gasteiger partial charge in [-0.15, -0.1) is 0 Å². The third kappa shape index (κ3) is 7.73. The Balaban J connectivity index is 1.69. The molecule has 7 nitrogen and oxygen atoms in total. The molecular weight excluding hydrogens is 491 g/mol. The number of anilines is 1. The van der Waals surface area contributed by atoms with E-state index in [0.29, 0.717) is 10.7 Å². The lowest BCUT2D eigenvalue weighted by Gasteiger charge is -2.21. The van der Waals surface area contributed by atoms with E-state index in [1.807, 2.05) is 30.3 Å². The molecule has 0 fully saturated rings. The van der Waals surface area contributed by atoms with E-state index in [4.69, 9.17) is 32.7 Å². The van der Waals surface area contributed by atoms with Crippen molar-refractivity contribution in [2.24, 2.45) is 5.92 Å². The molecule has 0 aromatic heterocycles. The van der Waals surface area contributed by atoms with Gasteiger partial charge in [0.05, 0.1) is 5.56 Å². The van der Waals surface area contributed by atoms with Crippen molar-refractivity contribution in [2.75, 3.05) is 5.32 Å². The smallest absolute Gasteiger partial charge is 0.408 e. The number of rotatable bonds is 8. The zero-order valence-electron chi connectivity index (χ0n) is 19.1. The van der Waals surface area contributed by atoms with Gasteiger partial charge in [-0.1, -0.05) is 67.4 Å². The minimum atomic E-state index is -1.01. The standard InChI is InChI=1S/C26H24Cl2N2O5/c1-16(2)23(30-26(33)34-15-17-6-4-3-5-7-17)25(32)35-22-13-10-19(28)14-21(22)24(31)29-20-11-8-18(27)9-12-20/h3-14,16,23H,15H2,1-2H3,(H,29,31)(H,30,33)/t23-/m1/s1. The van der Waals surface area contributed by atoms with Crippen LogP contribution in [0.15, 0.2) is 72.8 Å². The van der Waals surface area contributed by atoms with Crippen LogP contribution in [-0.2, 0) is 16.1 Å². The zero-order valence-corrected chi connectivity index (χ0v) is 20.6. The molecule has 3 aromatic carbocycles. The van der Waals surface area contributed by atoms with Crippen LogP contribution in [0.5, 0.6) is 5.75 Å². The number of hydrogen-bond acceptors (Lipinski definition) is 5. The van der Waals surface area contributed by atoms with E-state index in [9.17, 15) is 14.4 Å². The summed E-state index contributed by atoms with van der Waals surface area (Å²) in [4.78, 5) is 38.1. The number of benzene rings is 3. The van der Waals surface area contributed by atoms with Crippen molar-refractivity contribution >= 4 is 46.9 Å². The fourth-order valence-electron chi connectivity index (χ4n) is 3.06. The van der Waals surface area contributed by atoms with E-state index in [1.54, 1.807) is 38.1 Å². The molecule has 0 spiro atoms. The first-order valence-electron chi connectivity index (χ1n) is 10.8.